The van der Waals surface area contributed by atoms with E-state index in [2.05, 4.69) is 5.32 Å². The number of benzene rings is 1. The summed E-state index contributed by atoms with van der Waals surface area (Å²) in [7, 11) is 0. The van der Waals surface area contributed by atoms with Gasteiger partial charge in [0.25, 0.3) is 0 Å². The van der Waals surface area contributed by atoms with Crippen LogP contribution in [0.25, 0.3) is 0 Å². The van der Waals surface area contributed by atoms with Crippen molar-refractivity contribution in [2.75, 3.05) is 0 Å². The van der Waals surface area contributed by atoms with Crippen LogP contribution in [0.4, 0.5) is 8.78 Å². The van der Waals surface area contributed by atoms with Crippen molar-refractivity contribution in [3.63, 3.8) is 0 Å². The van der Waals surface area contributed by atoms with Gasteiger partial charge in [-0.3, -0.25) is 9.59 Å². The zero-order valence-corrected chi connectivity index (χ0v) is 12.1. The van der Waals surface area contributed by atoms with Crippen LogP contribution in [0.15, 0.2) is 18.2 Å². The summed E-state index contributed by atoms with van der Waals surface area (Å²) < 4.78 is 26.4. The number of carbonyl (C=O) groups is 2. The second-order valence-electron chi connectivity index (χ2n) is 5.54. The molecule has 2 N–H and O–H groups in total. The summed E-state index contributed by atoms with van der Waals surface area (Å²) >= 11 is 0. The molecule has 116 valence electrons. The number of halogens is 2. The number of carboxylic acid groups (broad SMARTS) is 1. The van der Waals surface area contributed by atoms with Gasteiger partial charge < -0.3 is 10.4 Å². The van der Waals surface area contributed by atoms with Crippen molar-refractivity contribution >= 4 is 11.9 Å². The van der Waals surface area contributed by atoms with Gasteiger partial charge in [0.05, 0.1) is 0 Å². The van der Waals surface area contributed by atoms with Crippen LogP contribution in [0.2, 0.25) is 0 Å². The topological polar surface area (TPSA) is 66.4 Å². The molecule has 0 unspecified atom stereocenters. The first-order valence-electron chi connectivity index (χ1n) is 6.67. The van der Waals surface area contributed by atoms with Crippen LogP contribution in [-0.4, -0.2) is 22.5 Å². The smallest absolute Gasteiger partial charge is 0.303 e. The van der Waals surface area contributed by atoms with Crippen LogP contribution < -0.4 is 5.32 Å². The molecule has 0 saturated carbocycles. The van der Waals surface area contributed by atoms with E-state index in [0.717, 1.165) is 6.07 Å². The van der Waals surface area contributed by atoms with E-state index in [1.165, 1.54) is 12.1 Å². The summed E-state index contributed by atoms with van der Waals surface area (Å²) in [6, 6.07) is 3.84. The first kappa shape index (κ1) is 17.1. The lowest BCUT2D eigenvalue weighted by atomic mass is 9.98. The zero-order chi connectivity index (χ0) is 16.0. The molecule has 1 aromatic rings. The third-order valence-electron chi connectivity index (χ3n) is 3.09. The molecular weight excluding hydrogens is 280 g/mol. The van der Waals surface area contributed by atoms with Gasteiger partial charge in [0.15, 0.2) is 11.6 Å². The molecule has 1 aromatic carbocycles. The van der Waals surface area contributed by atoms with E-state index in [4.69, 9.17) is 5.11 Å². The van der Waals surface area contributed by atoms with E-state index in [1.807, 2.05) is 0 Å². The molecule has 0 saturated heterocycles. The van der Waals surface area contributed by atoms with Crippen molar-refractivity contribution in [3.8, 4) is 0 Å². The minimum Gasteiger partial charge on any atom is -0.481 e. The van der Waals surface area contributed by atoms with E-state index in [-0.39, 0.29) is 30.7 Å². The van der Waals surface area contributed by atoms with Crippen LogP contribution >= 0.6 is 0 Å². The van der Waals surface area contributed by atoms with Crippen molar-refractivity contribution in [2.45, 2.75) is 45.1 Å². The second-order valence-corrected chi connectivity index (χ2v) is 5.54. The fourth-order valence-corrected chi connectivity index (χ4v) is 1.91. The third kappa shape index (κ3) is 5.89. The molecule has 4 nitrogen and oxygen atoms in total. The average Bonchev–Trinajstić information content (AvgIpc) is 2.38. The first-order valence-corrected chi connectivity index (χ1v) is 6.67. The minimum absolute atomic E-state index is 0.0108. The lowest BCUT2D eigenvalue weighted by Crippen LogP contribution is -2.43. The van der Waals surface area contributed by atoms with Gasteiger partial charge in [-0.05, 0) is 38.3 Å². The summed E-state index contributed by atoms with van der Waals surface area (Å²) in [4.78, 5) is 22.3. The maximum absolute atomic E-state index is 13.4. The molecule has 0 aliphatic carbocycles. The van der Waals surface area contributed by atoms with E-state index < -0.39 is 23.1 Å². The Morgan fingerprint density at radius 1 is 1.24 bits per heavy atom. The van der Waals surface area contributed by atoms with Gasteiger partial charge in [-0.15, -0.1) is 0 Å². The number of aliphatic carboxylic acids is 1. The molecule has 0 aliphatic heterocycles. The number of carbonyl (C=O) groups excluding carboxylic acids is 1. The molecule has 6 heteroatoms. The van der Waals surface area contributed by atoms with E-state index >= 15 is 0 Å². The Balaban J connectivity index is 2.50. The largest absolute Gasteiger partial charge is 0.481 e. The molecule has 0 bridgehead atoms. The van der Waals surface area contributed by atoms with E-state index in [1.54, 1.807) is 13.8 Å². The van der Waals surface area contributed by atoms with Gasteiger partial charge in [-0.1, -0.05) is 12.1 Å². The summed E-state index contributed by atoms with van der Waals surface area (Å²) in [6.07, 6.45) is 0.343. The molecule has 0 aromatic heterocycles. The molecule has 0 aliphatic rings. The predicted molar refractivity (Wildman–Crippen MR) is 73.8 cm³/mol. The first-order chi connectivity index (χ1) is 9.71. The van der Waals surface area contributed by atoms with Crippen LogP contribution in [0.5, 0.6) is 0 Å². The second kappa shape index (κ2) is 7.15. The Labute approximate surface area is 122 Å². The molecule has 0 fully saturated rings. The Kier molecular flexibility index (Phi) is 5.81. The highest BCUT2D eigenvalue weighted by molar-refractivity contribution is 5.77. The molecule has 1 rings (SSSR count). The normalized spacial score (nSPS) is 11.2. The minimum atomic E-state index is -0.935. The Bertz CT molecular complexity index is 530. The van der Waals surface area contributed by atoms with Crippen molar-refractivity contribution in [1.29, 1.82) is 0 Å². The summed E-state index contributed by atoms with van der Waals surface area (Å²) in [5.41, 5.74) is -0.510. The molecule has 0 heterocycles. The number of rotatable bonds is 7. The third-order valence-corrected chi connectivity index (χ3v) is 3.09. The van der Waals surface area contributed by atoms with Gasteiger partial charge in [-0.2, -0.15) is 0 Å². The molecule has 21 heavy (non-hydrogen) atoms. The summed E-state index contributed by atoms with van der Waals surface area (Å²) in [5.74, 6) is -3.13. The predicted octanol–water partition coefficient (Wildman–Crippen LogP) is 2.66. The number of aryl methyl sites for hydroxylation is 1. The average molecular weight is 299 g/mol. The highest BCUT2D eigenvalue weighted by atomic mass is 19.2. The van der Waals surface area contributed by atoms with Crippen molar-refractivity contribution in [3.05, 3.63) is 35.4 Å². The van der Waals surface area contributed by atoms with Gasteiger partial charge >= 0.3 is 5.97 Å². The zero-order valence-electron chi connectivity index (χ0n) is 12.1. The maximum Gasteiger partial charge on any atom is 0.303 e. The molecule has 0 atom stereocenters. The highest BCUT2D eigenvalue weighted by Crippen LogP contribution is 2.15. The maximum atomic E-state index is 13.4. The molecule has 0 radical (unpaired) electrons. The Morgan fingerprint density at radius 2 is 1.90 bits per heavy atom. The van der Waals surface area contributed by atoms with Crippen molar-refractivity contribution in [2.24, 2.45) is 0 Å². The summed E-state index contributed by atoms with van der Waals surface area (Å²) in [5, 5.41) is 11.3. The van der Waals surface area contributed by atoms with Gasteiger partial charge in [0.1, 0.15) is 0 Å². The number of nitrogens with one attached hydrogen (secondary N) is 1. The fourth-order valence-electron chi connectivity index (χ4n) is 1.91. The van der Waals surface area contributed by atoms with Gasteiger partial charge in [-0.25, -0.2) is 8.78 Å². The quantitative estimate of drug-likeness (QED) is 0.813. The number of amides is 1. The van der Waals surface area contributed by atoms with Crippen LogP contribution in [0, 0.1) is 11.6 Å². The van der Waals surface area contributed by atoms with Gasteiger partial charge in [0.2, 0.25) is 5.91 Å². The van der Waals surface area contributed by atoms with E-state index in [0.29, 0.717) is 6.42 Å². The van der Waals surface area contributed by atoms with Crippen LogP contribution in [-0.2, 0) is 16.0 Å². The number of hydrogen-bond donors (Lipinski definition) is 2. The summed E-state index contributed by atoms with van der Waals surface area (Å²) in [6.45, 7) is 3.44. The molecular formula is C15H19F2NO3. The molecule has 0 spiro atoms. The lowest BCUT2D eigenvalue weighted by molar-refractivity contribution is -0.137. The Hall–Kier alpha value is -1.98. The van der Waals surface area contributed by atoms with E-state index in [9.17, 15) is 18.4 Å². The Morgan fingerprint density at radius 3 is 2.52 bits per heavy atom. The van der Waals surface area contributed by atoms with Gasteiger partial charge in [0, 0.05) is 18.4 Å². The highest BCUT2D eigenvalue weighted by Gasteiger charge is 2.21. The lowest BCUT2D eigenvalue weighted by Gasteiger charge is -2.25. The number of hydrogen-bond acceptors (Lipinski definition) is 2. The standard InChI is InChI=1S/C15H19F2NO3/c1-15(2,9-8-13(20)21)18-12(19)7-6-10-4-3-5-11(16)14(10)17/h3-5H,6-9H2,1-2H3,(H,18,19)(H,20,21). The molecule has 1 amide bonds. The van der Waals surface area contributed by atoms with Crippen molar-refractivity contribution in [1.82, 2.24) is 5.32 Å². The van der Waals surface area contributed by atoms with Crippen LogP contribution in [0.1, 0.15) is 38.7 Å². The SMILES string of the molecule is CC(C)(CCC(=O)O)NC(=O)CCc1cccc(F)c1F. The monoisotopic (exact) mass is 299 g/mol. The fraction of sp³-hybridized carbons (Fsp3) is 0.467. The number of carboxylic acids is 1. The van der Waals surface area contributed by atoms with Crippen molar-refractivity contribution < 1.29 is 23.5 Å². The van der Waals surface area contributed by atoms with Crippen LogP contribution in [0.3, 0.4) is 0 Å².